The molecule has 0 spiro atoms. The van der Waals surface area contributed by atoms with Gasteiger partial charge in [-0.2, -0.15) is 0 Å². The fraction of sp³-hybridized carbons (Fsp3) is 0.520. The summed E-state index contributed by atoms with van der Waals surface area (Å²) in [5, 5.41) is 10.4. The molecule has 5 heteroatoms. The van der Waals surface area contributed by atoms with Crippen molar-refractivity contribution in [3.8, 4) is 11.8 Å². The number of nitrogens with zero attached hydrogens (tertiary/aromatic N) is 1. The van der Waals surface area contributed by atoms with Crippen LogP contribution in [-0.4, -0.2) is 47.2 Å². The molecule has 2 rings (SSSR count). The average molecular weight is 412 g/mol. The molecular weight excluding hydrogens is 378 g/mol. The highest BCUT2D eigenvalue weighted by Crippen LogP contribution is 2.21. The van der Waals surface area contributed by atoms with E-state index in [0.29, 0.717) is 38.0 Å². The van der Waals surface area contributed by atoms with Crippen LogP contribution in [0.4, 0.5) is 0 Å². The Kier molecular flexibility index (Phi) is 9.63. The van der Waals surface area contributed by atoms with Crippen LogP contribution >= 0.6 is 0 Å². The smallest absolute Gasteiger partial charge is 0.338 e. The molecule has 0 aromatic heterocycles. The molecule has 1 amide bonds. The van der Waals surface area contributed by atoms with Gasteiger partial charge in [-0.15, -0.1) is 11.8 Å². The summed E-state index contributed by atoms with van der Waals surface area (Å²) < 4.78 is 5.00. The minimum Gasteiger partial charge on any atom is -0.462 e. The number of rotatable bonds is 9. The van der Waals surface area contributed by atoms with Crippen LogP contribution in [0.3, 0.4) is 0 Å². The summed E-state index contributed by atoms with van der Waals surface area (Å²) in [5.41, 5.74) is 1.60. The van der Waals surface area contributed by atoms with E-state index in [1.54, 1.807) is 19.1 Å². The van der Waals surface area contributed by atoms with E-state index in [-0.39, 0.29) is 23.8 Å². The van der Waals surface area contributed by atoms with Gasteiger partial charge in [-0.3, -0.25) is 4.79 Å². The Morgan fingerprint density at radius 3 is 2.70 bits per heavy atom. The summed E-state index contributed by atoms with van der Waals surface area (Å²) in [7, 11) is 0. The quantitative estimate of drug-likeness (QED) is 0.382. The summed E-state index contributed by atoms with van der Waals surface area (Å²) in [6.45, 7) is 6.74. The van der Waals surface area contributed by atoms with Crippen LogP contribution in [-0.2, 0) is 16.0 Å². The van der Waals surface area contributed by atoms with Crippen LogP contribution in [0.2, 0.25) is 0 Å². The molecule has 0 aliphatic carbocycles. The van der Waals surface area contributed by atoms with E-state index < -0.39 is 6.10 Å². The molecule has 1 aromatic rings. The highest BCUT2D eigenvalue weighted by Gasteiger charge is 2.28. The Balaban J connectivity index is 1.91. The van der Waals surface area contributed by atoms with E-state index in [1.807, 2.05) is 43.0 Å². The number of carbonyl (C=O) groups is 2. The fourth-order valence-electron chi connectivity index (χ4n) is 3.43. The largest absolute Gasteiger partial charge is 0.462 e. The minimum absolute atomic E-state index is 0.0138. The number of amides is 1. The van der Waals surface area contributed by atoms with Crippen LogP contribution in [0.5, 0.6) is 0 Å². The minimum atomic E-state index is -0.566. The van der Waals surface area contributed by atoms with Gasteiger partial charge in [0.05, 0.1) is 24.3 Å². The van der Waals surface area contributed by atoms with Gasteiger partial charge >= 0.3 is 5.97 Å². The first-order valence-corrected chi connectivity index (χ1v) is 10.8. The highest BCUT2D eigenvalue weighted by atomic mass is 16.5. The van der Waals surface area contributed by atoms with Crippen LogP contribution < -0.4 is 0 Å². The van der Waals surface area contributed by atoms with E-state index in [0.717, 1.165) is 18.4 Å². The number of esters is 1. The number of aliphatic hydroxyl groups is 1. The van der Waals surface area contributed by atoms with Gasteiger partial charge in [0, 0.05) is 25.8 Å². The second kappa shape index (κ2) is 12.2. The molecule has 0 radical (unpaired) electrons. The zero-order chi connectivity index (χ0) is 21.9. The predicted octanol–water partition coefficient (Wildman–Crippen LogP) is 3.75. The third-order valence-electron chi connectivity index (χ3n) is 5.32. The fourth-order valence-corrected chi connectivity index (χ4v) is 3.43. The van der Waals surface area contributed by atoms with Gasteiger partial charge in [0.1, 0.15) is 0 Å². The standard InChI is InChI=1S/C25H33NO4/c1-4-6-7-8-19(3)23(27)15-13-22-14-16-24(28)26(22)18-17-20-9-11-21(12-10-20)25(29)30-5-2/h9-13,15,19,22-23,27H,4-5,8,14,16-18H2,1-3H3/t19-,22?,23+/m0/s1. The maximum absolute atomic E-state index is 12.3. The number of likely N-dealkylation sites (tertiary alicyclic amines) is 1. The molecule has 3 atom stereocenters. The van der Waals surface area contributed by atoms with E-state index in [4.69, 9.17) is 4.74 Å². The molecule has 0 bridgehead atoms. The Labute approximate surface area is 180 Å². The second-order valence-electron chi connectivity index (χ2n) is 7.62. The average Bonchev–Trinajstić information content (AvgIpc) is 3.10. The number of carbonyl (C=O) groups excluding carboxylic acids is 2. The third kappa shape index (κ3) is 7.03. The van der Waals surface area contributed by atoms with Crippen LogP contribution in [0, 0.1) is 17.8 Å². The van der Waals surface area contributed by atoms with Crippen molar-refractivity contribution in [1.29, 1.82) is 0 Å². The maximum Gasteiger partial charge on any atom is 0.338 e. The predicted molar refractivity (Wildman–Crippen MR) is 118 cm³/mol. The van der Waals surface area contributed by atoms with Crippen LogP contribution in [0.25, 0.3) is 0 Å². The SMILES string of the molecule is CCC#CC[C@H](C)[C@H](O)C=CC1CCC(=O)N1CCc1ccc(C(=O)OCC)cc1. The Morgan fingerprint density at radius 2 is 2.03 bits per heavy atom. The van der Waals surface area contributed by atoms with E-state index in [2.05, 4.69) is 11.8 Å². The lowest BCUT2D eigenvalue weighted by Crippen LogP contribution is -2.34. The number of ether oxygens (including phenoxy) is 1. The van der Waals surface area contributed by atoms with Gasteiger partial charge in [0.15, 0.2) is 0 Å². The first-order chi connectivity index (χ1) is 14.5. The number of hydrogen-bond donors (Lipinski definition) is 1. The van der Waals surface area contributed by atoms with E-state index in [1.165, 1.54) is 0 Å². The third-order valence-corrected chi connectivity index (χ3v) is 5.32. The van der Waals surface area contributed by atoms with E-state index >= 15 is 0 Å². The molecule has 1 aromatic carbocycles. The molecule has 1 aliphatic rings. The van der Waals surface area contributed by atoms with Gasteiger partial charge in [0.25, 0.3) is 0 Å². The van der Waals surface area contributed by atoms with E-state index in [9.17, 15) is 14.7 Å². The van der Waals surface area contributed by atoms with Gasteiger partial charge in [-0.05, 0) is 43.4 Å². The molecule has 5 nitrogen and oxygen atoms in total. The second-order valence-corrected chi connectivity index (χ2v) is 7.62. The summed E-state index contributed by atoms with van der Waals surface area (Å²) >= 11 is 0. The lowest BCUT2D eigenvalue weighted by atomic mass is 10.00. The van der Waals surface area contributed by atoms with Gasteiger partial charge in [-0.1, -0.05) is 38.1 Å². The molecule has 1 fully saturated rings. The number of aliphatic hydroxyl groups excluding tert-OH is 1. The van der Waals surface area contributed by atoms with Crippen molar-refractivity contribution in [3.63, 3.8) is 0 Å². The summed E-state index contributed by atoms with van der Waals surface area (Å²) in [4.78, 5) is 26.0. The van der Waals surface area contributed by atoms with Crippen molar-refractivity contribution in [2.24, 2.45) is 5.92 Å². The lowest BCUT2D eigenvalue weighted by Gasteiger charge is -2.23. The number of benzene rings is 1. The summed E-state index contributed by atoms with van der Waals surface area (Å²) in [5.74, 6) is 5.99. The van der Waals surface area contributed by atoms with Crippen molar-refractivity contribution in [3.05, 3.63) is 47.5 Å². The Hall–Kier alpha value is -2.58. The molecule has 162 valence electrons. The summed E-state index contributed by atoms with van der Waals surface area (Å²) in [6.07, 6.45) is 6.70. The maximum atomic E-state index is 12.3. The van der Waals surface area contributed by atoms with Crippen molar-refractivity contribution in [2.45, 2.75) is 65.0 Å². The Bertz CT molecular complexity index is 788. The van der Waals surface area contributed by atoms with Gasteiger partial charge in [0.2, 0.25) is 5.91 Å². The Morgan fingerprint density at radius 1 is 1.30 bits per heavy atom. The molecule has 1 unspecified atom stereocenters. The van der Waals surface area contributed by atoms with Crippen molar-refractivity contribution >= 4 is 11.9 Å². The molecule has 0 saturated carbocycles. The molecule has 1 heterocycles. The zero-order valence-corrected chi connectivity index (χ0v) is 18.3. The highest BCUT2D eigenvalue weighted by molar-refractivity contribution is 5.89. The van der Waals surface area contributed by atoms with Gasteiger partial charge in [-0.25, -0.2) is 4.79 Å². The molecule has 30 heavy (non-hydrogen) atoms. The van der Waals surface area contributed by atoms with Crippen molar-refractivity contribution < 1.29 is 19.4 Å². The zero-order valence-electron chi connectivity index (χ0n) is 18.3. The first-order valence-electron chi connectivity index (χ1n) is 10.8. The molecule has 1 N–H and O–H groups in total. The molecule has 1 aliphatic heterocycles. The van der Waals surface area contributed by atoms with Crippen LogP contribution in [0.15, 0.2) is 36.4 Å². The molecule has 1 saturated heterocycles. The summed E-state index contributed by atoms with van der Waals surface area (Å²) in [6, 6.07) is 7.34. The van der Waals surface area contributed by atoms with Gasteiger partial charge < -0.3 is 14.7 Å². The molecular formula is C25H33NO4. The number of hydrogen-bond acceptors (Lipinski definition) is 4. The topological polar surface area (TPSA) is 66.8 Å². The van der Waals surface area contributed by atoms with Crippen molar-refractivity contribution in [2.75, 3.05) is 13.2 Å². The lowest BCUT2D eigenvalue weighted by molar-refractivity contribution is -0.128. The van der Waals surface area contributed by atoms with Crippen molar-refractivity contribution in [1.82, 2.24) is 4.90 Å². The monoisotopic (exact) mass is 411 g/mol. The first kappa shape index (κ1) is 23.7. The van der Waals surface area contributed by atoms with Crippen LogP contribution in [0.1, 0.15) is 62.4 Å². The normalized spacial score (nSPS) is 18.2.